The molecule has 0 fully saturated rings. The average molecular weight is 375 g/mol. The molecule has 0 saturated carbocycles. The maximum absolute atomic E-state index is 13.3. The maximum atomic E-state index is 13.3. The second-order valence-corrected chi connectivity index (χ2v) is 6.12. The van der Waals surface area contributed by atoms with E-state index in [2.05, 4.69) is 21.2 Å². The van der Waals surface area contributed by atoms with Crippen LogP contribution in [0.2, 0.25) is 5.02 Å². The molecular formula is C16H15BrClF2N. The second kappa shape index (κ2) is 7.34. The first-order valence-corrected chi connectivity index (χ1v) is 7.80. The lowest BCUT2D eigenvalue weighted by Gasteiger charge is -2.19. The van der Waals surface area contributed by atoms with E-state index in [1.165, 1.54) is 6.07 Å². The van der Waals surface area contributed by atoms with Gasteiger partial charge in [-0.25, -0.2) is 8.78 Å². The quantitative estimate of drug-likeness (QED) is 0.751. The summed E-state index contributed by atoms with van der Waals surface area (Å²) in [6, 6.07) is 9.63. The number of halogens is 4. The zero-order valence-corrected chi connectivity index (χ0v) is 13.8. The van der Waals surface area contributed by atoms with Crippen molar-refractivity contribution in [3.8, 4) is 0 Å². The Bertz CT molecular complexity index is 613. The first kappa shape index (κ1) is 16.4. The van der Waals surface area contributed by atoms with Gasteiger partial charge in [-0.05, 0) is 54.4 Å². The smallest absolute Gasteiger partial charge is 0.159 e. The van der Waals surface area contributed by atoms with Gasteiger partial charge in [0.05, 0.1) is 0 Å². The van der Waals surface area contributed by atoms with Crippen LogP contribution in [0.3, 0.4) is 0 Å². The third kappa shape index (κ3) is 4.50. The fraction of sp³-hybridized carbons (Fsp3) is 0.250. The highest BCUT2D eigenvalue weighted by atomic mass is 79.9. The summed E-state index contributed by atoms with van der Waals surface area (Å²) < 4.78 is 27.2. The maximum Gasteiger partial charge on any atom is 0.159 e. The van der Waals surface area contributed by atoms with Gasteiger partial charge in [-0.15, -0.1) is 0 Å². The van der Waals surface area contributed by atoms with Crippen LogP contribution in [0.1, 0.15) is 24.1 Å². The van der Waals surface area contributed by atoms with Crippen molar-refractivity contribution in [2.24, 2.45) is 0 Å². The molecule has 112 valence electrons. The van der Waals surface area contributed by atoms with Crippen molar-refractivity contribution in [1.82, 2.24) is 5.32 Å². The first-order chi connectivity index (χ1) is 9.99. The van der Waals surface area contributed by atoms with Gasteiger partial charge >= 0.3 is 0 Å². The van der Waals surface area contributed by atoms with Gasteiger partial charge in [-0.2, -0.15) is 0 Å². The molecular weight excluding hydrogens is 360 g/mol. The van der Waals surface area contributed by atoms with Gasteiger partial charge in [0.25, 0.3) is 0 Å². The van der Waals surface area contributed by atoms with Gasteiger partial charge in [0.2, 0.25) is 0 Å². The fourth-order valence-electron chi connectivity index (χ4n) is 2.23. The predicted octanol–water partition coefficient (Wildman–Crippen LogP) is 5.27. The molecule has 0 radical (unpaired) electrons. The standard InChI is InChI=1S/C16H15BrClF2N/c1-2-21-16(11-7-12(17)9-13(18)8-11)6-10-3-4-14(19)15(20)5-10/h3-5,7-9,16,21H,2,6H2,1H3. The van der Waals surface area contributed by atoms with Crippen molar-refractivity contribution in [2.75, 3.05) is 6.54 Å². The largest absolute Gasteiger partial charge is 0.310 e. The van der Waals surface area contributed by atoms with Crippen molar-refractivity contribution in [3.63, 3.8) is 0 Å². The van der Waals surface area contributed by atoms with Crippen LogP contribution in [-0.2, 0) is 6.42 Å². The van der Waals surface area contributed by atoms with Gasteiger partial charge in [0.15, 0.2) is 11.6 Å². The minimum atomic E-state index is -0.829. The van der Waals surface area contributed by atoms with Crippen LogP contribution >= 0.6 is 27.5 Å². The number of rotatable bonds is 5. The lowest BCUT2D eigenvalue weighted by atomic mass is 9.98. The zero-order chi connectivity index (χ0) is 15.4. The van der Waals surface area contributed by atoms with E-state index < -0.39 is 11.6 Å². The molecule has 2 rings (SSSR count). The third-order valence-electron chi connectivity index (χ3n) is 3.16. The van der Waals surface area contributed by atoms with Crippen LogP contribution in [0.4, 0.5) is 8.78 Å². The minimum Gasteiger partial charge on any atom is -0.310 e. The molecule has 2 aromatic rings. The van der Waals surface area contributed by atoms with Gasteiger partial charge in [-0.3, -0.25) is 0 Å². The Morgan fingerprint density at radius 2 is 1.90 bits per heavy atom. The Hall–Kier alpha value is -0.970. The summed E-state index contributed by atoms with van der Waals surface area (Å²) in [6.07, 6.45) is 0.553. The van der Waals surface area contributed by atoms with Crippen LogP contribution in [-0.4, -0.2) is 6.54 Å². The number of nitrogens with one attached hydrogen (secondary N) is 1. The first-order valence-electron chi connectivity index (χ1n) is 6.63. The number of likely N-dealkylation sites (N-methyl/N-ethyl adjacent to an activating group) is 1. The molecule has 1 nitrogen and oxygen atoms in total. The molecule has 1 atom stereocenters. The van der Waals surface area contributed by atoms with E-state index in [-0.39, 0.29) is 6.04 Å². The van der Waals surface area contributed by atoms with Crippen molar-refractivity contribution in [3.05, 3.63) is 68.7 Å². The molecule has 0 aliphatic rings. The van der Waals surface area contributed by atoms with Crippen molar-refractivity contribution in [1.29, 1.82) is 0 Å². The van der Waals surface area contributed by atoms with Crippen LogP contribution in [0.5, 0.6) is 0 Å². The molecule has 5 heteroatoms. The van der Waals surface area contributed by atoms with E-state index in [9.17, 15) is 8.78 Å². The van der Waals surface area contributed by atoms with Crippen molar-refractivity contribution < 1.29 is 8.78 Å². The molecule has 0 aliphatic heterocycles. The van der Waals surface area contributed by atoms with Gasteiger partial charge in [0.1, 0.15) is 0 Å². The van der Waals surface area contributed by atoms with E-state index in [4.69, 9.17) is 11.6 Å². The summed E-state index contributed by atoms with van der Waals surface area (Å²) in [6.45, 7) is 2.76. The summed E-state index contributed by atoms with van der Waals surface area (Å²) in [5.74, 6) is -1.65. The molecule has 21 heavy (non-hydrogen) atoms. The minimum absolute atomic E-state index is 0.0186. The molecule has 1 unspecified atom stereocenters. The SMILES string of the molecule is CCNC(Cc1ccc(F)c(F)c1)c1cc(Cl)cc(Br)c1. The van der Waals surface area contributed by atoms with Crippen molar-refractivity contribution >= 4 is 27.5 Å². The van der Waals surface area contributed by atoms with E-state index in [0.717, 1.165) is 28.2 Å². The Balaban J connectivity index is 2.27. The summed E-state index contributed by atoms with van der Waals surface area (Å²) in [7, 11) is 0. The van der Waals surface area contributed by atoms with Crippen LogP contribution < -0.4 is 5.32 Å². The van der Waals surface area contributed by atoms with Gasteiger partial charge in [-0.1, -0.05) is 40.5 Å². The van der Waals surface area contributed by atoms with E-state index in [1.807, 2.05) is 25.1 Å². The molecule has 1 N–H and O–H groups in total. The Morgan fingerprint density at radius 1 is 1.14 bits per heavy atom. The Morgan fingerprint density at radius 3 is 2.52 bits per heavy atom. The predicted molar refractivity (Wildman–Crippen MR) is 85.6 cm³/mol. The highest BCUT2D eigenvalue weighted by molar-refractivity contribution is 9.10. The summed E-state index contributed by atoms with van der Waals surface area (Å²) in [5, 5.41) is 3.97. The van der Waals surface area contributed by atoms with Crippen LogP contribution in [0.15, 0.2) is 40.9 Å². The molecule has 2 aromatic carbocycles. The highest BCUT2D eigenvalue weighted by Crippen LogP contribution is 2.26. The molecule has 0 aromatic heterocycles. The lowest BCUT2D eigenvalue weighted by molar-refractivity contribution is 0.502. The normalized spacial score (nSPS) is 12.4. The zero-order valence-electron chi connectivity index (χ0n) is 11.5. The third-order valence-corrected chi connectivity index (χ3v) is 3.84. The fourth-order valence-corrected chi connectivity index (χ4v) is 3.12. The van der Waals surface area contributed by atoms with E-state index in [0.29, 0.717) is 11.4 Å². The Kier molecular flexibility index (Phi) is 5.73. The highest BCUT2D eigenvalue weighted by Gasteiger charge is 2.14. The topological polar surface area (TPSA) is 12.0 Å². The molecule has 0 spiro atoms. The number of benzene rings is 2. The molecule has 0 heterocycles. The monoisotopic (exact) mass is 373 g/mol. The molecule has 0 amide bonds. The summed E-state index contributed by atoms with van der Waals surface area (Å²) in [5.41, 5.74) is 1.73. The van der Waals surface area contributed by atoms with Gasteiger partial charge in [0, 0.05) is 15.5 Å². The molecule has 0 bridgehead atoms. The molecule has 0 aliphatic carbocycles. The second-order valence-electron chi connectivity index (χ2n) is 4.77. The van der Waals surface area contributed by atoms with E-state index >= 15 is 0 Å². The summed E-state index contributed by atoms with van der Waals surface area (Å²) in [4.78, 5) is 0. The average Bonchev–Trinajstić information content (AvgIpc) is 2.41. The van der Waals surface area contributed by atoms with Crippen molar-refractivity contribution in [2.45, 2.75) is 19.4 Å². The van der Waals surface area contributed by atoms with Crippen LogP contribution in [0.25, 0.3) is 0 Å². The Labute approximate surface area is 136 Å². The van der Waals surface area contributed by atoms with E-state index in [1.54, 1.807) is 6.07 Å². The lowest BCUT2D eigenvalue weighted by Crippen LogP contribution is -2.23. The molecule has 0 saturated heterocycles. The summed E-state index contributed by atoms with van der Waals surface area (Å²) >= 11 is 9.49. The number of hydrogen-bond acceptors (Lipinski definition) is 1. The number of hydrogen-bond donors (Lipinski definition) is 1. The van der Waals surface area contributed by atoms with Gasteiger partial charge < -0.3 is 5.32 Å². The van der Waals surface area contributed by atoms with Crippen LogP contribution in [0, 0.1) is 11.6 Å².